The molecule has 238 valence electrons. The van der Waals surface area contributed by atoms with Gasteiger partial charge in [-0.15, -0.1) is 0 Å². The van der Waals surface area contributed by atoms with E-state index in [4.69, 9.17) is 4.42 Å². The van der Waals surface area contributed by atoms with Gasteiger partial charge < -0.3 is 8.98 Å². The smallest absolute Gasteiger partial charge is 0.135 e. The van der Waals surface area contributed by atoms with Crippen LogP contribution < -0.4 is 0 Å². The van der Waals surface area contributed by atoms with E-state index in [1.165, 1.54) is 71.9 Å². The van der Waals surface area contributed by atoms with Crippen molar-refractivity contribution >= 4 is 43.7 Å². The van der Waals surface area contributed by atoms with Gasteiger partial charge in [-0.1, -0.05) is 127 Å². The van der Waals surface area contributed by atoms with Crippen LogP contribution in [0.15, 0.2) is 186 Å². The second-order valence-corrected chi connectivity index (χ2v) is 13.7. The summed E-state index contributed by atoms with van der Waals surface area (Å²) in [6.07, 6.45) is 0. The lowest BCUT2D eigenvalue weighted by Crippen LogP contribution is -1.99. The molecule has 0 saturated heterocycles. The highest BCUT2D eigenvalue weighted by Crippen LogP contribution is 2.49. The lowest BCUT2D eigenvalue weighted by atomic mass is 9.88. The van der Waals surface area contributed by atoms with Gasteiger partial charge in [-0.05, 0) is 105 Å². The summed E-state index contributed by atoms with van der Waals surface area (Å²) in [5.74, 6) is 0.225. The summed E-state index contributed by atoms with van der Waals surface area (Å²) >= 11 is 0. The highest BCUT2D eigenvalue weighted by atomic mass is 16.3. The predicted octanol–water partition coefficient (Wildman–Crippen LogP) is 13.2. The molecule has 2 heterocycles. The zero-order valence-electron chi connectivity index (χ0n) is 27.8. The average Bonchev–Trinajstić information content (AvgIpc) is 3.85. The van der Waals surface area contributed by atoms with Gasteiger partial charge in [0, 0.05) is 33.2 Å². The Balaban J connectivity index is 1.04. The van der Waals surface area contributed by atoms with E-state index in [1.54, 1.807) is 0 Å². The van der Waals surface area contributed by atoms with Gasteiger partial charge in [0.2, 0.25) is 0 Å². The first kappa shape index (κ1) is 28.2. The Bertz CT molecular complexity index is 2980. The Morgan fingerprint density at radius 3 is 1.94 bits per heavy atom. The molecule has 1 aliphatic carbocycles. The van der Waals surface area contributed by atoms with E-state index >= 15 is 0 Å². The third-order valence-electron chi connectivity index (χ3n) is 10.9. The number of furan rings is 1. The second-order valence-electron chi connectivity index (χ2n) is 13.7. The van der Waals surface area contributed by atoms with E-state index in [2.05, 4.69) is 174 Å². The Morgan fingerprint density at radius 2 is 1.02 bits per heavy atom. The van der Waals surface area contributed by atoms with E-state index in [-0.39, 0.29) is 5.92 Å². The van der Waals surface area contributed by atoms with Crippen molar-refractivity contribution in [3.63, 3.8) is 0 Å². The van der Waals surface area contributed by atoms with Crippen molar-refractivity contribution in [3.05, 3.63) is 199 Å². The van der Waals surface area contributed by atoms with Gasteiger partial charge in [0.1, 0.15) is 11.2 Å². The fourth-order valence-electron chi connectivity index (χ4n) is 8.55. The van der Waals surface area contributed by atoms with Crippen molar-refractivity contribution in [2.75, 3.05) is 0 Å². The highest BCUT2D eigenvalue weighted by Gasteiger charge is 2.30. The largest absolute Gasteiger partial charge is 0.456 e. The number of hydrogen-bond acceptors (Lipinski definition) is 1. The highest BCUT2D eigenvalue weighted by molar-refractivity contribution is 6.11. The van der Waals surface area contributed by atoms with E-state index in [9.17, 15) is 0 Å². The number of para-hydroxylation sites is 2. The Morgan fingerprint density at radius 1 is 0.373 bits per heavy atom. The Kier molecular flexibility index (Phi) is 6.05. The fourth-order valence-corrected chi connectivity index (χ4v) is 8.55. The maximum absolute atomic E-state index is 6.12. The maximum atomic E-state index is 6.12. The average molecular weight is 650 g/mol. The van der Waals surface area contributed by atoms with Crippen LogP contribution in [0, 0.1) is 0 Å². The SMILES string of the molecule is c1ccc(C2c3ccccc3-c3ccc(-c4ccc5c(c4)c4ccccc4n5-c4cccc(-c5ccc6oc7ccccc7c6c5)c4)cc32)cc1. The van der Waals surface area contributed by atoms with Crippen LogP contribution in [0.3, 0.4) is 0 Å². The Hall–Kier alpha value is -6.64. The normalized spacial score (nSPS) is 13.7. The molecule has 11 rings (SSSR count). The first-order valence-corrected chi connectivity index (χ1v) is 17.6. The Labute approximate surface area is 295 Å². The minimum atomic E-state index is 0.225. The van der Waals surface area contributed by atoms with Gasteiger partial charge in [-0.2, -0.15) is 0 Å². The fraction of sp³-hybridized carbons (Fsp3) is 0.0204. The molecule has 0 spiro atoms. The molecule has 0 N–H and O–H groups in total. The zero-order chi connectivity index (χ0) is 33.5. The number of fused-ring (bicyclic) bond motifs is 9. The second kappa shape index (κ2) is 10.9. The lowest BCUT2D eigenvalue weighted by Gasteiger charge is -2.15. The van der Waals surface area contributed by atoms with Gasteiger partial charge in [-0.25, -0.2) is 0 Å². The molecule has 0 aliphatic heterocycles. The molecule has 2 nitrogen and oxygen atoms in total. The van der Waals surface area contributed by atoms with Crippen molar-refractivity contribution in [2.24, 2.45) is 0 Å². The molecule has 2 aromatic heterocycles. The summed E-state index contributed by atoms with van der Waals surface area (Å²) in [6.45, 7) is 0. The van der Waals surface area contributed by atoms with Crippen LogP contribution in [0.5, 0.6) is 0 Å². The topological polar surface area (TPSA) is 18.1 Å². The van der Waals surface area contributed by atoms with E-state index in [0.717, 1.165) is 27.6 Å². The molecular weight excluding hydrogens is 619 g/mol. The van der Waals surface area contributed by atoms with E-state index in [1.807, 2.05) is 12.1 Å². The summed E-state index contributed by atoms with van der Waals surface area (Å²) in [7, 11) is 0. The van der Waals surface area contributed by atoms with Crippen LogP contribution >= 0.6 is 0 Å². The van der Waals surface area contributed by atoms with Crippen molar-refractivity contribution in [3.8, 4) is 39.1 Å². The first-order chi connectivity index (χ1) is 25.3. The molecule has 1 atom stereocenters. The number of aromatic nitrogens is 1. The van der Waals surface area contributed by atoms with Gasteiger partial charge in [-0.3, -0.25) is 0 Å². The molecule has 1 aliphatic rings. The molecule has 8 aromatic carbocycles. The monoisotopic (exact) mass is 649 g/mol. The number of hydrogen-bond donors (Lipinski definition) is 0. The molecule has 0 fully saturated rings. The van der Waals surface area contributed by atoms with Crippen molar-refractivity contribution < 1.29 is 4.42 Å². The first-order valence-electron chi connectivity index (χ1n) is 17.6. The molecule has 0 bridgehead atoms. The van der Waals surface area contributed by atoms with Gasteiger partial charge in [0.05, 0.1) is 11.0 Å². The lowest BCUT2D eigenvalue weighted by molar-refractivity contribution is 0.669. The maximum Gasteiger partial charge on any atom is 0.135 e. The standard InChI is InChI=1S/C49H31NO/c1-2-11-31(12-3-1)49-41-18-5-4-15-37(41)38-24-21-33(30-44(38)49)34-22-25-46-42(28-34)39-16-6-8-19-45(39)50(46)36-14-10-13-32(27-36)35-23-26-48-43(29-35)40-17-7-9-20-47(40)51-48/h1-30,49H. The van der Waals surface area contributed by atoms with Gasteiger partial charge in [0.25, 0.3) is 0 Å². The van der Waals surface area contributed by atoms with E-state index in [0.29, 0.717) is 0 Å². The molecule has 2 heteroatoms. The third-order valence-corrected chi connectivity index (χ3v) is 10.9. The van der Waals surface area contributed by atoms with Gasteiger partial charge in [0.15, 0.2) is 0 Å². The van der Waals surface area contributed by atoms with Crippen LogP contribution in [0.4, 0.5) is 0 Å². The van der Waals surface area contributed by atoms with Crippen molar-refractivity contribution in [2.45, 2.75) is 5.92 Å². The molecule has 51 heavy (non-hydrogen) atoms. The number of nitrogens with zero attached hydrogens (tertiary/aromatic N) is 1. The van der Waals surface area contributed by atoms with Crippen LogP contribution in [-0.4, -0.2) is 4.57 Å². The molecule has 1 unspecified atom stereocenters. The summed E-state index contributed by atoms with van der Waals surface area (Å²) in [5.41, 5.74) is 17.0. The van der Waals surface area contributed by atoms with Crippen molar-refractivity contribution in [1.29, 1.82) is 0 Å². The zero-order valence-corrected chi connectivity index (χ0v) is 27.8. The third kappa shape index (κ3) is 4.30. The number of rotatable bonds is 4. The summed E-state index contributed by atoms with van der Waals surface area (Å²) in [6, 6.07) is 66.3. The molecule has 0 saturated carbocycles. The van der Waals surface area contributed by atoms with Crippen LogP contribution in [0.2, 0.25) is 0 Å². The summed E-state index contributed by atoms with van der Waals surface area (Å²) in [4.78, 5) is 0. The molecule has 0 radical (unpaired) electrons. The van der Waals surface area contributed by atoms with E-state index < -0.39 is 0 Å². The quantitative estimate of drug-likeness (QED) is 0.186. The summed E-state index contributed by atoms with van der Waals surface area (Å²) < 4.78 is 8.53. The minimum absolute atomic E-state index is 0.225. The molecule has 0 amide bonds. The van der Waals surface area contributed by atoms with Crippen LogP contribution in [0.1, 0.15) is 22.6 Å². The number of benzene rings is 8. The molecule has 10 aromatic rings. The summed E-state index contributed by atoms with van der Waals surface area (Å²) in [5, 5.41) is 4.79. The minimum Gasteiger partial charge on any atom is -0.456 e. The van der Waals surface area contributed by atoms with Gasteiger partial charge >= 0.3 is 0 Å². The predicted molar refractivity (Wildman–Crippen MR) is 212 cm³/mol. The van der Waals surface area contributed by atoms with Crippen LogP contribution in [-0.2, 0) is 0 Å². The molecular formula is C49H31NO. The van der Waals surface area contributed by atoms with Crippen molar-refractivity contribution in [1.82, 2.24) is 4.57 Å². The van der Waals surface area contributed by atoms with Crippen LogP contribution in [0.25, 0.3) is 82.8 Å².